The highest BCUT2D eigenvalue weighted by atomic mass is 15.2. The molecule has 1 aromatic heterocycles. The van der Waals surface area contributed by atoms with E-state index in [1.54, 1.807) is 0 Å². The first kappa shape index (κ1) is 12.5. The highest BCUT2D eigenvalue weighted by Crippen LogP contribution is 2.25. The van der Waals surface area contributed by atoms with Crippen molar-refractivity contribution in [2.24, 2.45) is 0 Å². The predicted molar refractivity (Wildman–Crippen MR) is 70.8 cm³/mol. The van der Waals surface area contributed by atoms with Crippen molar-refractivity contribution in [2.75, 3.05) is 13.6 Å². The maximum atomic E-state index is 4.43. The van der Waals surface area contributed by atoms with Gasteiger partial charge in [0.2, 0.25) is 0 Å². The maximum Gasteiger partial charge on any atom is 0.0544 e. The Labute approximate surface area is 104 Å². The van der Waals surface area contributed by atoms with Crippen LogP contribution in [0, 0.1) is 0 Å². The smallest absolute Gasteiger partial charge is 0.0544 e. The lowest BCUT2D eigenvalue weighted by Gasteiger charge is -2.31. The van der Waals surface area contributed by atoms with Crippen LogP contribution in [-0.4, -0.2) is 35.6 Å². The van der Waals surface area contributed by atoms with Crippen molar-refractivity contribution < 1.29 is 0 Å². The van der Waals surface area contributed by atoms with Crippen molar-refractivity contribution in [2.45, 2.75) is 44.8 Å². The molecule has 2 rings (SSSR count). The fourth-order valence-corrected chi connectivity index (χ4v) is 2.88. The van der Waals surface area contributed by atoms with Crippen molar-refractivity contribution in [3.05, 3.63) is 30.1 Å². The lowest BCUT2D eigenvalue weighted by atomic mass is 10.1. The standard InChI is InChI=1S/C14H23N3/c1-3-17(11-12-7-4-5-10-16-12)14-9-6-8-13(14)15-2/h4-5,7,10,13-15H,3,6,8-9,11H2,1-2H3. The molecule has 0 amide bonds. The third-order valence-corrected chi connectivity index (χ3v) is 3.82. The van der Waals surface area contributed by atoms with Crippen molar-refractivity contribution in [3.8, 4) is 0 Å². The molecule has 0 spiro atoms. The van der Waals surface area contributed by atoms with E-state index in [0.717, 1.165) is 13.1 Å². The Hall–Kier alpha value is -0.930. The summed E-state index contributed by atoms with van der Waals surface area (Å²) in [4.78, 5) is 6.98. The number of pyridine rings is 1. The maximum absolute atomic E-state index is 4.43. The van der Waals surface area contributed by atoms with Gasteiger partial charge in [-0.25, -0.2) is 0 Å². The quantitative estimate of drug-likeness (QED) is 0.843. The molecule has 1 aliphatic carbocycles. The highest BCUT2D eigenvalue weighted by molar-refractivity contribution is 5.04. The molecule has 1 aliphatic rings. The van der Waals surface area contributed by atoms with Crippen LogP contribution in [0.2, 0.25) is 0 Å². The zero-order chi connectivity index (χ0) is 12.1. The van der Waals surface area contributed by atoms with Gasteiger partial charge < -0.3 is 5.32 Å². The van der Waals surface area contributed by atoms with Crippen molar-refractivity contribution in [1.82, 2.24) is 15.2 Å². The molecule has 0 aliphatic heterocycles. The van der Waals surface area contributed by atoms with Gasteiger partial charge in [-0.15, -0.1) is 0 Å². The molecule has 17 heavy (non-hydrogen) atoms. The van der Waals surface area contributed by atoms with Crippen LogP contribution in [0.4, 0.5) is 0 Å². The van der Waals surface area contributed by atoms with Crippen LogP contribution in [0.25, 0.3) is 0 Å². The van der Waals surface area contributed by atoms with Gasteiger partial charge in [0.25, 0.3) is 0 Å². The Morgan fingerprint density at radius 3 is 2.94 bits per heavy atom. The predicted octanol–water partition coefficient (Wildman–Crippen LogP) is 2.04. The molecule has 0 saturated heterocycles. The number of likely N-dealkylation sites (N-methyl/N-ethyl adjacent to an activating group) is 2. The molecule has 94 valence electrons. The Kier molecular flexibility index (Phi) is 4.51. The van der Waals surface area contributed by atoms with Gasteiger partial charge in [-0.1, -0.05) is 19.4 Å². The average molecular weight is 233 g/mol. The van der Waals surface area contributed by atoms with Crippen LogP contribution in [0.15, 0.2) is 24.4 Å². The number of aromatic nitrogens is 1. The molecule has 1 aromatic rings. The number of nitrogens with one attached hydrogen (secondary N) is 1. The molecular weight excluding hydrogens is 210 g/mol. The van der Waals surface area contributed by atoms with Gasteiger partial charge >= 0.3 is 0 Å². The molecule has 3 nitrogen and oxygen atoms in total. The number of rotatable bonds is 5. The van der Waals surface area contributed by atoms with Gasteiger partial charge in [0.05, 0.1) is 5.69 Å². The van der Waals surface area contributed by atoms with Crippen molar-refractivity contribution >= 4 is 0 Å². The zero-order valence-corrected chi connectivity index (χ0v) is 10.9. The van der Waals surface area contributed by atoms with Crippen LogP contribution in [0.1, 0.15) is 31.9 Å². The average Bonchev–Trinajstić information content (AvgIpc) is 2.85. The second-order valence-corrected chi connectivity index (χ2v) is 4.78. The molecule has 1 N–H and O–H groups in total. The summed E-state index contributed by atoms with van der Waals surface area (Å²) in [5.41, 5.74) is 1.18. The normalized spacial score (nSPS) is 24.4. The number of hydrogen-bond acceptors (Lipinski definition) is 3. The lowest BCUT2D eigenvalue weighted by Crippen LogP contribution is -2.45. The second kappa shape index (κ2) is 6.12. The highest BCUT2D eigenvalue weighted by Gasteiger charge is 2.30. The largest absolute Gasteiger partial charge is 0.315 e. The van der Waals surface area contributed by atoms with E-state index >= 15 is 0 Å². The van der Waals surface area contributed by atoms with Gasteiger partial charge in [-0.3, -0.25) is 9.88 Å². The number of nitrogens with zero attached hydrogens (tertiary/aromatic N) is 2. The van der Waals surface area contributed by atoms with E-state index in [0.29, 0.717) is 12.1 Å². The van der Waals surface area contributed by atoms with Gasteiger partial charge in [-0.05, 0) is 38.6 Å². The first-order valence-corrected chi connectivity index (χ1v) is 6.66. The van der Waals surface area contributed by atoms with E-state index in [1.807, 2.05) is 12.3 Å². The minimum Gasteiger partial charge on any atom is -0.315 e. The van der Waals surface area contributed by atoms with E-state index < -0.39 is 0 Å². The molecule has 1 heterocycles. The Bertz CT molecular complexity index is 325. The van der Waals surface area contributed by atoms with Crippen LogP contribution in [-0.2, 0) is 6.54 Å². The van der Waals surface area contributed by atoms with E-state index in [9.17, 15) is 0 Å². The fraction of sp³-hybridized carbons (Fsp3) is 0.643. The molecule has 3 heteroatoms. The minimum atomic E-state index is 0.652. The Balaban J connectivity index is 2.01. The Morgan fingerprint density at radius 1 is 1.41 bits per heavy atom. The summed E-state index contributed by atoms with van der Waals surface area (Å²) in [6.07, 6.45) is 5.84. The Morgan fingerprint density at radius 2 is 2.29 bits per heavy atom. The van der Waals surface area contributed by atoms with E-state index in [2.05, 4.69) is 41.3 Å². The topological polar surface area (TPSA) is 28.2 Å². The first-order valence-electron chi connectivity index (χ1n) is 6.66. The second-order valence-electron chi connectivity index (χ2n) is 4.78. The van der Waals surface area contributed by atoms with Gasteiger partial charge in [0.1, 0.15) is 0 Å². The minimum absolute atomic E-state index is 0.652. The zero-order valence-electron chi connectivity index (χ0n) is 10.9. The molecule has 0 bridgehead atoms. The van der Waals surface area contributed by atoms with Crippen LogP contribution in [0.3, 0.4) is 0 Å². The fourth-order valence-electron chi connectivity index (χ4n) is 2.88. The van der Waals surface area contributed by atoms with E-state index in [-0.39, 0.29) is 0 Å². The molecule has 0 aromatic carbocycles. The van der Waals surface area contributed by atoms with Crippen molar-refractivity contribution in [3.63, 3.8) is 0 Å². The van der Waals surface area contributed by atoms with E-state index in [4.69, 9.17) is 0 Å². The molecule has 2 atom stereocenters. The van der Waals surface area contributed by atoms with Crippen LogP contribution < -0.4 is 5.32 Å². The number of hydrogen-bond donors (Lipinski definition) is 1. The summed E-state index contributed by atoms with van der Waals surface area (Å²) in [5.74, 6) is 0. The first-order chi connectivity index (χ1) is 8.35. The SMILES string of the molecule is CCN(Cc1ccccn1)C1CCCC1NC. The third-order valence-electron chi connectivity index (χ3n) is 3.82. The lowest BCUT2D eigenvalue weighted by molar-refractivity contribution is 0.174. The van der Waals surface area contributed by atoms with Crippen molar-refractivity contribution in [1.29, 1.82) is 0 Å². The molecule has 2 unspecified atom stereocenters. The summed E-state index contributed by atoms with van der Waals surface area (Å²) < 4.78 is 0. The van der Waals surface area contributed by atoms with E-state index in [1.165, 1.54) is 25.0 Å². The van der Waals surface area contributed by atoms with Crippen LogP contribution >= 0.6 is 0 Å². The molecule has 1 fully saturated rings. The summed E-state index contributed by atoms with van der Waals surface area (Å²) in [5, 5.41) is 3.45. The summed E-state index contributed by atoms with van der Waals surface area (Å²) in [6, 6.07) is 7.49. The molecule has 0 radical (unpaired) electrons. The van der Waals surface area contributed by atoms with Crippen LogP contribution in [0.5, 0.6) is 0 Å². The summed E-state index contributed by atoms with van der Waals surface area (Å²) in [7, 11) is 2.08. The third kappa shape index (κ3) is 3.05. The summed E-state index contributed by atoms with van der Waals surface area (Å²) in [6.45, 7) is 4.31. The summed E-state index contributed by atoms with van der Waals surface area (Å²) >= 11 is 0. The van der Waals surface area contributed by atoms with Gasteiger partial charge in [0, 0.05) is 24.8 Å². The van der Waals surface area contributed by atoms with Gasteiger partial charge in [-0.2, -0.15) is 0 Å². The molecular formula is C14H23N3. The molecule has 1 saturated carbocycles. The monoisotopic (exact) mass is 233 g/mol. The van der Waals surface area contributed by atoms with Gasteiger partial charge in [0.15, 0.2) is 0 Å².